The number of benzene rings is 3. The van der Waals surface area contributed by atoms with Gasteiger partial charge in [-0.25, -0.2) is 0 Å². The maximum absolute atomic E-state index is 6.01. The maximum Gasteiger partial charge on any atom is 0.0717 e. The zero-order valence-electron chi connectivity index (χ0n) is 20.6. The van der Waals surface area contributed by atoms with Crippen molar-refractivity contribution in [3.05, 3.63) is 113 Å². The van der Waals surface area contributed by atoms with Crippen LogP contribution >= 0.6 is 0 Å². The minimum absolute atomic E-state index is 0.654. The van der Waals surface area contributed by atoms with Gasteiger partial charge in [0.15, 0.2) is 0 Å². The SMILES string of the molecule is C1=C(c2cc3ccccc3n2CCOCc2ccccc2)c2ccccc2CC1.CC.CC. The summed E-state index contributed by atoms with van der Waals surface area (Å²) in [5.41, 5.74) is 7.95. The highest BCUT2D eigenvalue weighted by Crippen LogP contribution is 2.34. The molecule has 0 amide bonds. The first-order valence-electron chi connectivity index (χ1n) is 12.4. The Bertz CT molecular complexity index is 1150. The van der Waals surface area contributed by atoms with Crippen molar-refractivity contribution in [1.29, 1.82) is 0 Å². The van der Waals surface area contributed by atoms with E-state index in [0.29, 0.717) is 13.2 Å². The molecule has 0 fully saturated rings. The first-order valence-corrected chi connectivity index (χ1v) is 12.4. The van der Waals surface area contributed by atoms with Crippen LogP contribution in [0.4, 0.5) is 0 Å². The highest BCUT2D eigenvalue weighted by atomic mass is 16.5. The number of hydrogen-bond donors (Lipinski definition) is 0. The van der Waals surface area contributed by atoms with Crippen molar-refractivity contribution in [2.24, 2.45) is 0 Å². The smallest absolute Gasteiger partial charge is 0.0717 e. The number of fused-ring (bicyclic) bond motifs is 2. The number of aryl methyl sites for hydroxylation is 1. The minimum Gasteiger partial charge on any atom is -0.375 e. The monoisotopic (exact) mass is 439 g/mol. The molecule has 33 heavy (non-hydrogen) atoms. The molecule has 0 aliphatic heterocycles. The molecule has 0 radical (unpaired) electrons. The Hall–Kier alpha value is -3.10. The molecule has 0 saturated heterocycles. The lowest BCUT2D eigenvalue weighted by Gasteiger charge is -2.20. The third kappa shape index (κ3) is 5.83. The van der Waals surface area contributed by atoms with Crippen molar-refractivity contribution < 1.29 is 4.74 Å². The molecule has 0 bridgehead atoms. The van der Waals surface area contributed by atoms with Gasteiger partial charge in [0, 0.05) is 28.7 Å². The first-order chi connectivity index (χ1) is 16.4. The number of nitrogens with zero attached hydrogens (tertiary/aromatic N) is 1. The molecule has 2 nitrogen and oxygen atoms in total. The van der Waals surface area contributed by atoms with Gasteiger partial charge < -0.3 is 9.30 Å². The van der Waals surface area contributed by atoms with Crippen LogP contribution < -0.4 is 0 Å². The molecule has 4 aromatic rings. The van der Waals surface area contributed by atoms with Crippen LogP contribution in [-0.4, -0.2) is 11.2 Å². The summed E-state index contributed by atoms with van der Waals surface area (Å²) in [6.45, 7) is 10.2. The average Bonchev–Trinajstić information content (AvgIpc) is 3.27. The van der Waals surface area contributed by atoms with Crippen LogP contribution in [0.5, 0.6) is 0 Å². The van der Waals surface area contributed by atoms with Crippen molar-refractivity contribution >= 4 is 16.5 Å². The summed E-state index contributed by atoms with van der Waals surface area (Å²) in [6, 6.07) is 30.2. The van der Waals surface area contributed by atoms with E-state index in [1.807, 2.05) is 33.8 Å². The molecule has 1 aromatic heterocycles. The molecule has 3 aromatic carbocycles. The predicted molar refractivity (Wildman–Crippen MR) is 143 cm³/mol. The van der Waals surface area contributed by atoms with Gasteiger partial charge in [0.1, 0.15) is 0 Å². The van der Waals surface area contributed by atoms with Gasteiger partial charge in [0.05, 0.1) is 13.2 Å². The van der Waals surface area contributed by atoms with Crippen LogP contribution in [0.1, 0.15) is 56.5 Å². The normalized spacial score (nSPS) is 12.1. The Morgan fingerprint density at radius 1 is 0.788 bits per heavy atom. The Balaban J connectivity index is 0.000000728. The number of rotatable bonds is 6. The molecular weight excluding hydrogens is 402 g/mol. The van der Waals surface area contributed by atoms with Crippen molar-refractivity contribution in [2.75, 3.05) is 6.61 Å². The van der Waals surface area contributed by atoms with Gasteiger partial charge in [0.25, 0.3) is 0 Å². The Morgan fingerprint density at radius 3 is 2.30 bits per heavy atom. The van der Waals surface area contributed by atoms with Gasteiger partial charge in [-0.1, -0.05) is 107 Å². The summed E-state index contributed by atoms with van der Waals surface area (Å²) >= 11 is 0. The van der Waals surface area contributed by atoms with E-state index in [2.05, 4.69) is 89.5 Å². The van der Waals surface area contributed by atoms with Crippen molar-refractivity contribution in [1.82, 2.24) is 4.57 Å². The number of para-hydroxylation sites is 1. The molecule has 0 spiro atoms. The molecule has 0 N–H and O–H groups in total. The van der Waals surface area contributed by atoms with E-state index in [0.717, 1.165) is 19.4 Å². The molecule has 0 unspecified atom stereocenters. The summed E-state index contributed by atoms with van der Waals surface area (Å²) in [4.78, 5) is 0. The number of ether oxygens (including phenoxy) is 1. The van der Waals surface area contributed by atoms with Crippen molar-refractivity contribution in [3.8, 4) is 0 Å². The summed E-state index contributed by atoms with van der Waals surface area (Å²) in [6.07, 6.45) is 4.62. The third-order valence-corrected chi connectivity index (χ3v) is 5.73. The molecule has 5 rings (SSSR count). The van der Waals surface area contributed by atoms with E-state index >= 15 is 0 Å². The second-order valence-corrected chi connectivity index (χ2v) is 7.59. The van der Waals surface area contributed by atoms with Crippen LogP contribution in [0.15, 0.2) is 91.0 Å². The lowest BCUT2D eigenvalue weighted by atomic mass is 9.89. The first kappa shape index (κ1) is 24.5. The maximum atomic E-state index is 6.01. The summed E-state index contributed by atoms with van der Waals surface area (Å²) in [5, 5.41) is 1.29. The fourth-order valence-corrected chi connectivity index (χ4v) is 4.32. The summed E-state index contributed by atoms with van der Waals surface area (Å²) in [7, 11) is 0. The van der Waals surface area contributed by atoms with Crippen molar-refractivity contribution in [3.63, 3.8) is 0 Å². The highest BCUT2D eigenvalue weighted by molar-refractivity contribution is 5.90. The number of allylic oxidation sites excluding steroid dienone is 1. The van der Waals surface area contributed by atoms with Gasteiger partial charge in [-0.3, -0.25) is 0 Å². The van der Waals surface area contributed by atoms with E-state index in [9.17, 15) is 0 Å². The lowest BCUT2D eigenvalue weighted by molar-refractivity contribution is 0.114. The Kier molecular flexibility index (Phi) is 9.53. The Morgan fingerprint density at radius 2 is 1.48 bits per heavy atom. The summed E-state index contributed by atoms with van der Waals surface area (Å²) in [5.74, 6) is 0. The second kappa shape index (κ2) is 12.8. The minimum atomic E-state index is 0.654. The van der Waals surface area contributed by atoms with E-state index in [1.54, 1.807) is 0 Å². The quantitative estimate of drug-likeness (QED) is 0.276. The molecule has 1 heterocycles. The van der Waals surface area contributed by atoms with Crippen LogP contribution in [0.2, 0.25) is 0 Å². The molecule has 0 atom stereocenters. The Labute approximate surface area is 199 Å². The van der Waals surface area contributed by atoms with Gasteiger partial charge in [0.2, 0.25) is 0 Å². The summed E-state index contributed by atoms with van der Waals surface area (Å²) < 4.78 is 8.44. The van der Waals surface area contributed by atoms with Gasteiger partial charge in [-0.2, -0.15) is 0 Å². The third-order valence-electron chi connectivity index (χ3n) is 5.73. The number of aromatic nitrogens is 1. The fourth-order valence-electron chi connectivity index (χ4n) is 4.32. The molecule has 1 aliphatic rings. The average molecular weight is 440 g/mol. The molecule has 2 heteroatoms. The second-order valence-electron chi connectivity index (χ2n) is 7.59. The fraction of sp³-hybridized carbons (Fsp3) is 0.290. The molecule has 0 saturated carbocycles. The zero-order valence-corrected chi connectivity index (χ0v) is 20.6. The van der Waals surface area contributed by atoms with Gasteiger partial charge in [-0.15, -0.1) is 0 Å². The lowest BCUT2D eigenvalue weighted by Crippen LogP contribution is -2.11. The largest absolute Gasteiger partial charge is 0.375 e. The van der Waals surface area contributed by atoms with Gasteiger partial charge in [-0.05, 0) is 41.7 Å². The van der Waals surface area contributed by atoms with E-state index in [-0.39, 0.29) is 0 Å². The number of hydrogen-bond acceptors (Lipinski definition) is 1. The zero-order chi connectivity index (χ0) is 23.5. The molecular formula is C31H37NO. The van der Waals surface area contributed by atoms with Crippen LogP contribution in [0.3, 0.4) is 0 Å². The highest BCUT2D eigenvalue weighted by Gasteiger charge is 2.18. The molecule has 1 aliphatic carbocycles. The standard InChI is InChI=1S/C27H25NO.2C2H6/c1-2-9-21(10-3-1)20-29-18-17-28-26-16-7-5-12-23(26)19-27(28)25-15-8-13-22-11-4-6-14-24(22)25;2*1-2/h1-7,9-12,14-16,19H,8,13,17-18,20H2;2*1-2H3. The predicted octanol–water partition coefficient (Wildman–Crippen LogP) is 8.29. The van der Waals surface area contributed by atoms with E-state index < -0.39 is 0 Å². The van der Waals surface area contributed by atoms with Crippen LogP contribution in [0.25, 0.3) is 16.5 Å². The van der Waals surface area contributed by atoms with Gasteiger partial charge >= 0.3 is 0 Å². The molecule has 172 valence electrons. The topological polar surface area (TPSA) is 14.2 Å². The van der Waals surface area contributed by atoms with E-state index in [1.165, 1.54) is 38.9 Å². The van der Waals surface area contributed by atoms with Crippen LogP contribution in [-0.2, 0) is 24.3 Å². The van der Waals surface area contributed by atoms with E-state index in [4.69, 9.17) is 4.74 Å². The van der Waals surface area contributed by atoms with Crippen molar-refractivity contribution in [2.45, 2.75) is 53.7 Å². The van der Waals surface area contributed by atoms with Crippen LogP contribution in [0, 0.1) is 0 Å².